The zero-order chi connectivity index (χ0) is 19.6. The number of rotatable bonds is 9. The molecule has 0 bridgehead atoms. The summed E-state index contributed by atoms with van der Waals surface area (Å²) >= 11 is 0. The van der Waals surface area contributed by atoms with Gasteiger partial charge in [0.1, 0.15) is 11.5 Å². The minimum absolute atomic E-state index is 0. The highest BCUT2D eigenvalue weighted by atomic mass is 127. The molecule has 0 saturated carbocycles. The Bertz CT molecular complexity index is 736. The summed E-state index contributed by atoms with van der Waals surface area (Å²) in [5.41, 5.74) is 1.08. The number of methoxy groups -OCH3 is 1. The largest absolute Gasteiger partial charge is 0.496 e. The van der Waals surface area contributed by atoms with Crippen LogP contribution in [0.1, 0.15) is 31.1 Å². The van der Waals surface area contributed by atoms with E-state index in [-0.39, 0.29) is 24.0 Å². The fraction of sp³-hybridized carbons (Fsp3) is 0.500. The molecule has 29 heavy (non-hydrogen) atoms. The summed E-state index contributed by atoms with van der Waals surface area (Å²) in [5, 5.41) is 6.98. The summed E-state index contributed by atoms with van der Waals surface area (Å²) in [4.78, 5) is 7.33. The number of likely N-dealkylation sites (N-methyl/N-ethyl adjacent to an activating group) is 1. The van der Waals surface area contributed by atoms with Crippen LogP contribution in [0, 0.1) is 0 Å². The van der Waals surface area contributed by atoms with Crippen LogP contribution in [0.15, 0.2) is 52.1 Å². The van der Waals surface area contributed by atoms with Gasteiger partial charge >= 0.3 is 0 Å². The second-order valence-corrected chi connectivity index (χ2v) is 7.04. The average molecular weight is 512 g/mol. The van der Waals surface area contributed by atoms with E-state index in [4.69, 9.17) is 14.1 Å². The molecule has 0 radical (unpaired) electrons. The lowest BCUT2D eigenvalue weighted by molar-refractivity contribution is 0.267. The van der Waals surface area contributed by atoms with E-state index in [2.05, 4.69) is 28.5 Å². The van der Waals surface area contributed by atoms with Gasteiger partial charge in [-0.3, -0.25) is 4.90 Å². The summed E-state index contributed by atoms with van der Waals surface area (Å²) in [6.45, 7) is 6.78. The predicted octanol–water partition coefficient (Wildman–Crippen LogP) is 3.67. The van der Waals surface area contributed by atoms with Gasteiger partial charge in [0.25, 0.3) is 0 Å². The van der Waals surface area contributed by atoms with Crippen molar-refractivity contribution in [3.05, 3.63) is 54.0 Å². The monoisotopic (exact) mass is 512 g/mol. The maximum atomic E-state index is 5.45. The van der Waals surface area contributed by atoms with Gasteiger partial charge in [-0.25, -0.2) is 4.99 Å². The predicted molar refractivity (Wildman–Crippen MR) is 128 cm³/mol. The van der Waals surface area contributed by atoms with Crippen molar-refractivity contribution in [1.29, 1.82) is 0 Å². The highest BCUT2D eigenvalue weighted by molar-refractivity contribution is 14.0. The van der Waals surface area contributed by atoms with Crippen molar-refractivity contribution in [2.45, 2.75) is 38.8 Å². The number of nitrogens with one attached hydrogen (secondary N) is 2. The molecule has 0 amide bonds. The minimum Gasteiger partial charge on any atom is -0.496 e. The molecule has 2 aromatic rings. The van der Waals surface area contributed by atoms with Crippen LogP contribution in [0.5, 0.6) is 5.75 Å². The van der Waals surface area contributed by atoms with Gasteiger partial charge in [-0.15, -0.1) is 24.0 Å². The van der Waals surface area contributed by atoms with Crippen molar-refractivity contribution in [3.63, 3.8) is 0 Å². The Morgan fingerprint density at radius 3 is 2.86 bits per heavy atom. The molecule has 0 aliphatic carbocycles. The first-order valence-electron chi connectivity index (χ1n) is 10.2. The lowest BCUT2D eigenvalue weighted by Crippen LogP contribution is -2.45. The maximum Gasteiger partial charge on any atom is 0.191 e. The van der Waals surface area contributed by atoms with Gasteiger partial charge in [0.05, 0.1) is 19.9 Å². The van der Waals surface area contributed by atoms with Crippen LogP contribution in [0.4, 0.5) is 0 Å². The van der Waals surface area contributed by atoms with Crippen LogP contribution in [-0.4, -0.2) is 50.2 Å². The van der Waals surface area contributed by atoms with Gasteiger partial charge in [0, 0.05) is 31.1 Å². The molecule has 2 heterocycles. The molecular weight excluding hydrogens is 479 g/mol. The Hall–Kier alpha value is -1.74. The number of likely N-dealkylation sites (tertiary alicyclic amines) is 1. The fourth-order valence-electron chi connectivity index (χ4n) is 3.69. The van der Waals surface area contributed by atoms with Crippen LogP contribution in [0.2, 0.25) is 0 Å². The molecule has 2 N–H and O–H groups in total. The van der Waals surface area contributed by atoms with Gasteiger partial charge in [-0.1, -0.05) is 25.1 Å². The Balaban J connectivity index is 0.00000300. The van der Waals surface area contributed by atoms with E-state index < -0.39 is 0 Å². The first kappa shape index (κ1) is 23.5. The van der Waals surface area contributed by atoms with E-state index in [0.717, 1.165) is 49.1 Å². The van der Waals surface area contributed by atoms with Gasteiger partial charge in [-0.2, -0.15) is 0 Å². The zero-order valence-electron chi connectivity index (χ0n) is 17.4. The topological polar surface area (TPSA) is 62.0 Å². The Morgan fingerprint density at radius 2 is 2.10 bits per heavy atom. The summed E-state index contributed by atoms with van der Waals surface area (Å²) in [7, 11) is 1.70. The smallest absolute Gasteiger partial charge is 0.191 e. The number of hydrogen-bond acceptors (Lipinski definition) is 4. The standard InChI is InChI=1S/C22H32N4O2.HI/c1-3-26-14-6-9-19(26)17-25-22(23-13-12-20-10-7-15-28-20)24-16-18-8-4-5-11-21(18)27-2;/h4-5,7-8,10-11,15,19H,3,6,9,12-14,16-17H2,1-2H3,(H2,23,24,25);1H. The van der Waals surface area contributed by atoms with E-state index in [1.807, 2.05) is 30.3 Å². The second kappa shape index (κ2) is 12.7. The van der Waals surface area contributed by atoms with E-state index >= 15 is 0 Å². The number of furan rings is 1. The normalized spacial score (nSPS) is 17.0. The maximum absolute atomic E-state index is 5.45. The summed E-state index contributed by atoms with van der Waals surface area (Å²) < 4.78 is 10.9. The lowest BCUT2D eigenvalue weighted by Gasteiger charge is -2.24. The Kier molecular flexibility index (Phi) is 10.3. The van der Waals surface area contributed by atoms with E-state index in [1.54, 1.807) is 13.4 Å². The number of aliphatic imine (C=N–C) groups is 1. The molecule has 1 aliphatic rings. The quantitative estimate of drug-likeness (QED) is 0.305. The lowest BCUT2D eigenvalue weighted by atomic mass is 10.2. The van der Waals surface area contributed by atoms with Crippen molar-refractivity contribution >= 4 is 29.9 Å². The highest BCUT2D eigenvalue weighted by Crippen LogP contribution is 2.18. The molecule has 0 spiro atoms. The molecule has 7 heteroatoms. The molecule has 1 aromatic carbocycles. The van der Waals surface area contributed by atoms with E-state index in [9.17, 15) is 0 Å². The molecule has 1 fully saturated rings. The third-order valence-electron chi connectivity index (χ3n) is 5.25. The highest BCUT2D eigenvalue weighted by Gasteiger charge is 2.22. The first-order valence-corrected chi connectivity index (χ1v) is 10.2. The number of halogens is 1. The van der Waals surface area contributed by atoms with Crippen molar-refractivity contribution in [2.24, 2.45) is 4.99 Å². The summed E-state index contributed by atoms with van der Waals surface area (Å²) in [5.74, 6) is 2.68. The molecule has 1 unspecified atom stereocenters. The molecule has 1 saturated heterocycles. The van der Waals surface area contributed by atoms with Crippen molar-refractivity contribution in [1.82, 2.24) is 15.5 Å². The summed E-state index contributed by atoms with van der Waals surface area (Å²) in [6.07, 6.45) is 5.06. The molecule has 3 rings (SSSR count). The van der Waals surface area contributed by atoms with Gasteiger partial charge in [0.2, 0.25) is 0 Å². The Morgan fingerprint density at radius 1 is 1.24 bits per heavy atom. The van der Waals surface area contributed by atoms with Gasteiger partial charge < -0.3 is 19.8 Å². The van der Waals surface area contributed by atoms with Crippen molar-refractivity contribution in [3.8, 4) is 5.75 Å². The minimum atomic E-state index is 0. The van der Waals surface area contributed by atoms with Crippen LogP contribution in [0.25, 0.3) is 0 Å². The van der Waals surface area contributed by atoms with Gasteiger partial charge in [0.15, 0.2) is 5.96 Å². The molecular formula is C22H33IN4O2. The molecule has 6 nitrogen and oxygen atoms in total. The van der Waals surface area contributed by atoms with E-state index in [0.29, 0.717) is 12.6 Å². The van der Waals surface area contributed by atoms with Crippen LogP contribution < -0.4 is 15.4 Å². The number of nitrogens with zero attached hydrogens (tertiary/aromatic N) is 2. The van der Waals surface area contributed by atoms with Crippen LogP contribution in [0.3, 0.4) is 0 Å². The van der Waals surface area contributed by atoms with Crippen molar-refractivity contribution < 1.29 is 9.15 Å². The fourth-order valence-corrected chi connectivity index (χ4v) is 3.69. The molecule has 1 atom stereocenters. The SMILES string of the molecule is CCN1CCCC1CNC(=NCc1ccccc1OC)NCCc1ccco1.I. The summed E-state index contributed by atoms with van der Waals surface area (Å²) in [6, 6.07) is 12.5. The number of hydrogen-bond donors (Lipinski definition) is 2. The number of ether oxygens (including phenoxy) is 1. The van der Waals surface area contributed by atoms with Gasteiger partial charge in [-0.05, 0) is 44.1 Å². The molecule has 1 aliphatic heterocycles. The van der Waals surface area contributed by atoms with Crippen molar-refractivity contribution in [2.75, 3.05) is 33.3 Å². The number of guanidine groups is 1. The third-order valence-corrected chi connectivity index (χ3v) is 5.25. The van der Waals surface area contributed by atoms with Crippen LogP contribution >= 0.6 is 24.0 Å². The third kappa shape index (κ3) is 7.22. The first-order chi connectivity index (χ1) is 13.8. The number of para-hydroxylation sites is 1. The van der Waals surface area contributed by atoms with E-state index in [1.165, 1.54) is 19.4 Å². The number of benzene rings is 1. The van der Waals surface area contributed by atoms with Crippen LogP contribution in [-0.2, 0) is 13.0 Å². The second-order valence-electron chi connectivity index (χ2n) is 7.04. The average Bonchev–Trinajstić information content (AvgIpc) is 3.41. The zero-order valence-corrected chi connectivity index (χ0v) is 19.7. The molecule has 1 aromatic heterocycles. The molecule has 160 valence electrons. The Labute approximate surface area is 191 Å².